The molecule has 0 aliphatic rings. The SMILES string of the molecule is CCOCc1noc(CC(O)C(F)(F)F)n1. The van der Waals surface area contributed by atoms with E-state index in [1.54, 1.807) is 6.92 Å². The summed E-state index contributed by atoms with van der Waals surface area (Å²) in [6, 6.07) is 0. The molecule has 1 rings (SSSR count). The normalized spacial score (nSPS) is 14.1. The average molecular weight is 240 g/mol. The van der Waals surface area contributed by atoms with Crippen molar-refractivity contribution in [3.63, 3.8) is 0 Å². The molecule has 5 nitrogen and oxygen atoms in total. The van der Waals surface area contributed by atoms with Crippen LogP contribution < -0.4 is 0 Å². The molecular weight excluding hydrogens is 229 g/mol. The summed E-state index contributed by atoms with van der Waals surface area (Å²) >= 11 is 0. The van der Waals surface area contributed by atoms with Gasteiger partial charge in [-0.25, -0.2) is 0 Å². The molecule has 8 heteroatoms. The lowest BCUT2D eigenvalue weighted by atomic mass is 10.2. The highest BCUT2D eigenvalue weighted by Crippen LogP contribution is 2.22. The van der Waals surface area contributed by atoms with Crippen molar-refractivity contribution in [2.45, 2.75) is 32.2 Å². The highest BCUT2D eigenvalue weighted by Gasteiger charge is 2.39. The Morgan fingerprint density at radius 3 is 2.75 bits per heavy atom. The Kier molecular flexibility index (Phi) is 4.25. The number of aliphatic hydroxyl groups is 1. The first-order valence-corrected chi connectivity index (χ1v) is 4.57. The maximum atomic E-state index is 12.0. The summed E-state index contributed by atoms with van der Waals surface area (Å²) in [6.07, 6.45) is -7.93. The minimum atomic E-state index is -4.69. The molecule has 16 heavy (non-hydrogen) atoms. The van der Waals surface area contributed by atoms with Gasteiger partial charge < -0.3 is 14.4 Å². The fraction of sp³-hybridized carbons (Fsp3) is 0.750. The molecule has 0 radical (unpaired) electrons. The second-order valence-electron chi connectivity index (χ2n) is 3.00. The van der Waals surface area contributed by atoms with E-state index in [9.17, 15) is 13.2 Å². The van der Waals surface area contributed by atoms with Gasteiger partial charge in [0.05, 0.1) is 6.42 Å². The summed E-state index contributed by atoms with van der Waals surface area (Å²) in [6.45, 7) is 2.27. The zero-order chi connectivity index (χ0) is 12.2. The Labute approximate surface area is 89.2 Å². The molecule has 0 saturated carbocycles. The average Bonchev–Trinajstić information content (AvgIpc) is 2.61. The first-order valence-electron chi connectivity index (χ1n) is 4.57. The number of hydrogen-bond donors (Lipinski definition) is 1. The minimum absolute atomic E-state index is 0.0715. The van der Waals surface area contributed by atoms with Crippen LogP contribution in [0.5, 0.6) is 0 Å². The Balaban J connectivity index is 2.52. The number of ether oxygens (including phenoxy) is 1. The third-order valence-electron chi connectivity index (χ3n) is 1.69. The van der Waals surface area contributed by atoms with E-state index >= 15 is 0 Å². The zero-order valence-electron chi connectivity index (χ0n) is 8.49. The van der Waals surface area contributed by atoms with E-state index in [4.69, 9.17) is 9.84 Å². The molecule has 0 amide bonds. The molecule has 92 valence electrons. The standard InChI is InChI=1S/C8H11F3N2O3/c1-2-15-4-6-12-7(16-13-6)3-5(14)8(9,10)11/h5,14H,2-4H2,1H3. The van der Waals surface area contributed by atoms with Crippen LogP contribution in [0.3, 0.4) is 0 Å². The van der Waals surface area contributed by atoms with E-state index in [2.05, 4.69) is 14.7 Å². The van der Waals surface area contributed by atoms with Gasteiger partial charge in [0.25, 0.3) is 0 Å². The van der Waals surface area contributed by atoms with E-state index in [0.717, 1.165) is 0 Å². The summed E-state index contributed by atoms with van der Waals surface area (Å²) in [5.74, 6) is -0.106. The Morgan fingerprint density at radius 1 is 1.50 bits per heavy atom. The molecule has 1 aromatic rings. The number of rotatable bonds is 5. The number of nitrogens with zero attached hydrogens (tertiary/aromatic N) is 2. The summed E-state index contributed by atoms with van der Waals surface area (Å²) in [5.41, 5.74) is 0. The van der Waals surface area contributed by atoms with Crippen molar-refractivity contribution in [3.05, 3.63) is 11.7 Å². The minimum Gasteiger partial charge on any atom is -0.383 e. The summed E-state index contributed by atoms with van der Waals surface area (Å²) in [4.78, 5) is 3.64. The lowest BCUT2D eigenvalue weighted by Crippen LogP contribution is -2.30. The third kappa shape index (κ3) is 3.78. The first kappa shape index (κ1) is 12.9. The molecule has 0 spiro atoms. The van der Waals surface area contributed by atoms with Gasteiger partial charge in [0.15, 0.2) is 11.9 Å². The second kappa shape index (κ2) is 5.26. The van der Waals surface area contributed by atoms with Crippen LogP contribution in [0.4, 0.5) is 13.2 Å². The lowest BCUT2D eigenvalue weighted by Gasteiger charge is -2.11. The van der Waals surface area contributed by atoms with Gasteiger partial charge in [0, 0.05) is 6.61 Å². The molecule has 1 unspecified atom stereocenters. The molecule has 1 N–H and O–H groups in total. The number of aliphatic hydroxyl groups excluding tert-OH is 1. The van der Waals surface area contributed by atoms with Crippen LogP contribution in [0, 0.1) is 0 Å². The molecule has 0 aromatic carbocycles. The second-order valence-corrected chi connectivity index (χ2v) is 3.00. The maximum absolute atomic E-state index is 12.0. The van der Waals surface area contributed by atoms with Gasteiger partial charge in [0.2, 0.25) is 5.89 Å². The van der Waals surface area contributed by atoms with E-state index in [0.29, 0.717) is 6.61 Å². The van der Waals surface area contributed by atoms with Crippen LogP contribution in [-0.2, 0) is 17.8 Å². The molecule has 1 atom stereocenters. The van der Waals surface area contributed by atoms with Crippen LogP contribution in [0.2, 0.25) is 0 Å². The molecule has 0 fully saturated rings. The van der Waals surface area contributed by atoms with Gasteiger partial charge in [-0.3, -0.25) is 0 Å². The molecule has 0 saturated heterocycles. The van der Waals surface area contributed by atoms with Crippen molar-refractivity contribution in [1.29, 1.82) is 0 Å². The van der Waals surface area contributed by atoms with Gasteiger partial charge >= 0.3 is 6.18 Å². The van der Waals surface area contributed by atoms with Crippen LogP contribution in [0.25, 0.3) is 0 Å². The molecular formula is C8H11F3N2O3. The van der Waals surface area contributed by atoms with E-state index in [1.807, 2.05) is 0 Å². The Morgan fingerprint density at radius 2 is 2.19 bits per heavy atom. The van der Waals surface area contributed by atoms with Crippen molar-refractivity contribution in [1.82, 2.24) is 10.1 Å². The van der Waals surface area contributed by atoms with Crippen LogP contribution >= 0.6 is 0 Å². The van der Waals surface area contributed by atoms with Crippen LogP contribution in [-0.4, -0.2) is 34.1 Å². The summed E-state index contributed by atoms with van der Waals surface area (Å²) in [7, 11) is 0. The summed E-state index contributed by atoms with van der Waals surface area (Å²) in [5, 5.41) is 12.1. The maximum Gasteiger partial charge on any atom is 0.414 e. The fourth-order valence-corrected chi connectivity index (χ4v) is 0.906. The Hall–Kier alpha value is -1.15. The molecule has 1 heterocycles. The first-order chi connectivity index (χ1) is 7.43. The van der Waals surface area contributed by atoms with Gasteiger partial charge in [-0.15, -0.1) is 0 Å². The van der Waals surface area contributed by atoms with Crippen molar-refractivity contribution < 1.29 is 27.5 Å². The molecule has 1 aromatic heterocycles. The number of alkyl halides is 3. The van der Waals surface area contributed by atoms with E-state index < -0.39 is 18.7 Å². The number of halogens is 3. The summed E-state index contributed by atoms with van der Waals surface area (Å²) < 4.78 is 45.4. The zero-order valence-corrected chi connectivity index (χ0v) is 8.49. The molecule has 0 bridgehead atoms. The van der Waals surface area contributed by atoms with Gasteiger partial charge in [-0.1, -0.05) is 5.16 Å². The smallest absolute Gasteiger partial charge is 0.383 e. The van der Waals surface area contributed by atoms with E-state index in [-0.39, 0.29) is 18.3 Å². The predicted molar refractivity (Wildman–Crippen MR) is 45.4 cm³/mol. The van der Waals surface area contributed by atoms with Crippen molar-refractivity contribution in [3.8, 4) is 0 Å². The van der Waals surface area contributed by atoms with Gasteiger partial charge in [-0.2, -0.15) is 18.2 Å². The monoisotopic (exact) mass is 240 g/mol. The number of hydrogen-bond acceptors (Lipinski definition) is 5. The van der Waals surface area contributed by atoms with Gasteiger partial charge in [0.1, 0.15) is 6.61 Å². The van der Waals surface area contributed by atoms with Crippen LogP contribution in [0.15, 0.2) is 4.52 Å². The van der Waals surface area contributed by atoms with Gasteiger partial charge in [-0.05, 0) is 6.92 Å². The molecule has 0 aliphatic heterocycles. The predicted octanol–water partition coefficient (Wildman–Crippen LogP) is 1.07. The topological polar surface area (TPSA) is 68.4 Å². The fourth-order valence-electron chi connectivity index (χ4n) is 0.906. The number of aromatic nitrogens is 2. The lowest BCUT2D eigenvalue weighted by molar-refractivity contribution is -0.204. The van der Waals surface area contributed by atoms with Crippen LogP contribution in [0.1, 0.15) is 18.6 Å². The quantitative estimate of drug-likeness (QED) is 0.833. The largest absolute Gasteiger partial charge is 0.414 e. The van der Waals surface area contributed by atoms with Crippen molar-refractivity contribution >= 4 is 0 Å². The molecule has 0 aliphatic carbocycles. The highest BCUT2D eigenvalue weighted by atomic mass is 19.4. The van der Waals surface area contributed by atoms with Crippen molar-refractivity contribution in [2.24, 2.45) is 0 Å². The van der Waals surface area contributed by atoms with E-state index in [1.165, 1.54) is 0 Å². The third-order valence-corrected chi connectivity index (χ3v) is 1.69. The van der Waals surface area contributed by atoms with Crippen molar-refractivity contribution in [2.75, 3.05) is 6.61 Å². The Bertz CT molecular complexity index is 327. The highest BCUT2D eigenvalue weighted by molar-refractivity contribution is 4.88.